The van der Waals surface area contributed by atoms with Gasteiger partial charge in [0.25, 0.3) is 0 Å². The van der Waals surface area contributed by atoms with Crippen molar-refractivity contribution in [2.24, 2.45) is 5.92 Å². The number of rotatable bonds is 7. The highest BCUT2D eigenvalue weighted by molar-refractivity contribution is 7.07. The Morgan fingerprint density at radius 2 is 2.27 bits per heavy atom. The lowest BCUT2D eigenvalue weighted by atomic mass is 10.0. The molecular weight excluding hydrogens is 300 g/mol. The third-order valence-electron chi connectivity index (χ3n) is 3.96. The molecular formula is C16H24N2O3S. The van der Waals surface area contributed by atoms with E-state index in [2.05, 4.69) is 10.7 Å². The highest BCUT2D eigenvalue weighted by atomic mass is 32.1. The van der Waals surface area contributed by atoms with E-state index in [1.807, 2.05) is 11.4 Å². The van der Waals surface area contributed by atoms with Crippen LogP contribution >= 0.6 is 11.3 Å². The summed E-state index contributed by atoms with van der Waals surface area (Å²) in [6.45, 7) is 1.28. The van der Waals surface area contributed by atoms with Gasteiger partial charge in [-0.1, -0.05) is 6.42 Å². The molecule has 0 aliphatic carbocycles. The van der Waals surface area contributed by atoms with E-state index in [9.17, 15) is 14.7 Å². The minimum Gasteiger partial charge on any atom is -0.396 e. The predicted octanol–water partition coefficient (Wildman–Crippen LogP) is 1.42. The number of carbonyl (C=O) groups is 2. The summed E-state index contributed by atoms with van der Waals surface area (Å²) in [5, 5.41) is 16.3. The monoisotopic (exact) mass is 324 g/mol. The van der Waals surface area contributed by atoms with Crippen molar-refractivity contribution in [2.75, 3.05) is 26.2 Å². The zero-order valence-corrected chi connectivity index (χ0v) is 13.6. The van der Waals surface area contributed by atoms with Crippen molar-refractivity contribution in [1.29, 1.82) is 0 Å². The summed E-state index contributed by atoms with van der Waals surface area (Å²) in [7, 11) is 0. The maximum atomic E-state index is 12.0. The van der Waals surface area contributed by atoms with E-state index in [4.69, 9.17) is 0 Å². The lowest BCUT2D eigenvalue weighted by Gasteiger charge is -2.21. The zero-order chi connectivity index (χ0) is 15.8. The van der Waals surface area contributed by atoms with Gasteiger partial charge < -0.3 is 15.3 Å². The first-order chi connectivity index (χ1) is 10.7. The number of amides is 2. The zero-order valence-electron chi connectivity index (χ0n) is 12.8. The number of carbonyl (C=O) groups excluding carboxylic acids is 2. The summed E-state index contributed by atoms with van der Waals surface area (Å²) < 4.78 is 0. The lowest BCUT2D eigenvalue weighted by molar-refractivity contribution is -0.135. The summed E-state index contributed by atoms with van der Waals surface area (Å²) in [4.78, 5) is 25.5. The second kappa shape index (κ2) is 8.90. The standard InChI is InChI=1S/C16H24N2O3S/c19-11-14(8-13-5-7-22-12-13)9-17-15(20)10-18-6-3-1-2-4-16(18)21/h5,7,12,14,19H,1-4,6,8-11H2,(H,17,20)/t14-/m0/s1. The summed E-state index contributed by atoms with van der Waals surface area (Å²) in [6, 6.07) is 2.03. The molecule has 2 heterocycles. The quantitative estimate of drug-likeness (QED) is 0.797. The van der Waals surface area contributed by atoms with Gasteiger partial charge in [0.05, 0.1) is 6.54 Å². The number of likely N-dealkylation sites (tertiary alicyclic amines) is 1. The molecule has 0 aromatic carbocycles. The Morgan fingerprint density at radius 1 is 1.41 bits per heavy atom. The molecule has 0 radical (unpaired) electrons. The van der Waals surface area contributed by atoms with Gasteiger partial charge in [0.2, 0.25) is 11.8 Å². The number of hydrogen-bond donors (Lipinski definition) is 2. The molecule has 1 aliphatic rings. The lowest BCUT2D eigenvalue weighted by Crippen LogP contribution is -2.42. The highest BCUT2D eigenvalue weighted by Gasteiger charge is 2.19. The van der Waals surface area contributed by atoms with Gasteiger partial charge in [-0.3, -0.25) is 9.59 Å². The molecule has 2 amide bonds. The molecule has 1 aromatic rings. The molecule has 1 aliphatic heterocycles. The van der Waals surface area contributed by atoms with Gasteiger partial charge in [-0.15, -0.1) is 0 Å². The van der Waals surface area contributed by atoms with Crippen molar-refractivity contribution in [1.82, 2.24) is 10.2 Å². The van der Waals surface area contributed by atoms with Crippen LogP contribution in [0.4, 0.5) is 0 Å². The van der Waals surface area contributed by atoms with Crippen LogP contribution in [0.2, 0.25) is 0 Å². The smallest absolute Gasteiger partial charge is 0.239 e. The highest BCUT2D eigenvalue weighted by Crippen LogP contribution is 2.12. The van der Waals surface area contributed by atoms with E-state index in [0.717, 1.165) is 25.7 Å². The molecule has 0 unspecified atom stereocenters. The van der Waals surface area contributed by atoms with E-state index >= 15 is 0 Å². The van der Waals surface area contributed by atoms with Gasteiger partial charge in [0.1, 0.15) is 0 Å². The van der Waals surface area contributed by atoms with E-state index in [1.54, 1.807) is 16.2 Å². The third kappa shape index (κ3) is 5.42. The minimum atomic E-state index is -0.140. The number of aliphatic hydroxyl groups is 1. The Kier molecular flexibility index (Phi) is 6.86. The Bertz CT molecular complexity index is 476. The molecule has 1 saturated heterocycles. The van der Waals surface area contributed by atoms with Crippen molar-refractivity contribution in [3.63, 3.8) is 0 Å². The van der Waals surface area contributed by atoms with Gasteiger partial charge in [0, 0.05) is 32.0 Å². The van der Waals surface area contributed by atoms with Crippen LogP contribution < -0.4 is 5.32 Å². The van der Waals surface area contributed by atoms with Crippen LogP contribution in [-0.2, 0) is 16.0 Å². The number of nitrogens with one attached hydrogen (secondary N) is 1. The largest absolute Gasteiger partial charge is 0.396 e. The molecule has 1 atom stereocenters. The first kappa shape index (κ1) is 17.0. The summed E-state index contributed by atoms with van der Waals surface area (Å²) in [6.07, 6.45) is 4.24. The fourth-order valence-electron chi connectivity index (χ4n) is 2.64. The Balaban J connectivity index is 1.74. The van der Waals surface area contributed by atoms with Gasteiger partial charge in [0.15, 0.2) is 0 Å². The molecule has 22 heavy (non-hydrogen) atoms. The minimum absolute atomic E-state index is 0.0124. The van der Waals surface area contributed by atoms with E-state index in [0.29, 0.717) is 19.5 Å². The average Bonchev–Trinajstić information content (AvgIpc) is 2.94. The van der Waals surface area contributed by atoms with Crippen LogP contribution in [0.25, 0.3) is 0 Å². The average molecular weight is 324 g/mol. The normalized spacial score (nSPS) is 17.1. The van der Waals surface area contributed by atoms with Gasteiger partial charge in [-0.2, -0.15) is 11.3 Å². The molecule has 5 nitrogen and oxygen atoms in total. The molecule has 122 valence electrons. The van der Waals surface area contributed by atoms with Crippen LogP contribution in [0.15, 0.2) is 16.8 Å². The van der Waals surface area contributed by atoms with Crippen molar-refractivity contribution in [2.45, 2.75) is 32.1 Å². The fourth-order valence-corrected chi connectivity index (χ4v) is 3.32. The van der Waals surface area contributed by atoms with E-state index in [1.165, 1.54) is 5.56 Å². The van der Waals surface area contributed by atoms with Crippen molar-refractivity contribution in [3.8, 4) is 0 Å². The SMILES string of the molecule is O=C(CN1CCCCCC1=O)NC[C@@H](CO)Cc1ccsc1. The first-order valence-electron chi connectivity index (χ1n) is 7.85. The predicted molar refractivity (Wildman–Crippen MR) is 86.7 cm³/mol. The molecule has 6 heteroatoms. The summed E-state index contributed by atoms with van der Waals surface area (Å²) >= 11 is 1.63. The number of aliphatic hydroxyl groups excluding tert-OH is 1. The van der Waals surface area contributed by atoms with E-state index in [-0.39, 0.29) is 30.9 Å². The molecule has 2 rings (SSSR count). The first-order valence-corrected chi connectivity index (χ1v) is 8.79. The third-order valence-corrected chi connectivity index (χ3v) is 4.69. The summed E-state index contributed by atoms with van der Waals surface area (Å²) in [5.74, 6) is -0.0537. The van der Waals surface area contributed by atoms with Crippen LogP contribution in [0.1, 0.15) is 31.2 Å². The topological polar surface area (TPSA) is 69.6 Å². The molecule has 1 aromatic heterocycles. The van der Waals surface area contributed by atoms with Crippen molar-refractivity contribution < 1.29 is 14.7 Å². The Hall–Kier alpha value is -1.40. The molecule has 2 N–H and O–H groups in total. The number of nitrogens with zero attached hydrogens (tertiary/aromatic N) is 1. The second-order valence-electron chi connectivity index (χ2n) is 5.81. The number of hydrogen-bond acceptors (Lipinski definition) is 4. The van der Waals surface area contributed by atoms with Gasteiger partial charge in [-0.05, 0) is 41.7 Å². The maximum Gasteiger partial charge on any atom is 0.239 e. The van der Waals surface area contributed by atoms with Crippen LogP contribution in [0.5, 0.6) is 0 Å². The maximum absolute atomic E-state index is 12.0. The van der Waals surface area contributed by atoms with Gasteiger partial charge >= 0.3 is 0 Å². The summed E-state index contributed by atoms with van der Waals surface area (Å²) in [5.41, 5.74) is 1.18. The Morgan fingerprint density at radius 3 is 3.00 bits per heavy atom. The molecule has 1 fully saturated rings. The van der Waals surface area contributed by atoms with Crippen LogP contribution in [0.3, 0.4) is 0 Å². The van der Waals surface area contributed by atoms with Gasteiger partial charge in [-0.25, -0.2) is 0 Å². The van der Waals surface area contributed by atoms with E-state index < -0.39 is 0 Å². The van der Waals surface area contributed by atoms with Crippen molar-refractivity contribution >= 4 is 23.2 Å². The molecule has 0 saturated carbocycles. The Labute approximate surface area is 135 Å². The second-order valence-corrected chi connectivity index (χ2v) is 6.59. The number of thiophene rings is 1. The molecule has 0 spiro atoms. The van der Waals surface area contributed by atoms with Crippen molar-refractivity contribution in [3.05, 3.63) is 22.4 Å². The van der Waals surface area contributed by atoms with Crippen LogP contribution in [-0.4, -0.2) is 48.1 Å². The van der Waals surface area contributed by atoms with Crippen LogP contribution in [0, 0.1) is 5.92 Å². The molecule has 0 bridgehead atoms. The fraction of sp³-hybridized carbons (Fsp3) is 0.625.